The van der Waals surface area contributed by atoms with Crippen molar-refractivity contribution >= 4 is 17.9 Å². The molecule has 0 saturated carbocycles. The van der Waals surface area contributed by atoms with Gasteiger partial charge in [-0.05, 0) is 30.7 Å². The summed E-state index contributed by atoms with van der Waals surface area (Å²) in [6.07, 6.45) is 1.43. The fourth-order valence-corrected chi connectivity index (χ4v) is 3.62. The van der Waals surface area contributed by atoms with Crippen LogP contribution in [0.15, 0.2) is 48.8 Å². The molecule has 32 heavy (non-hydrogen) atoms. The SMILES string of the molecule is CCCC(=O)Oc1ccccc1C(=O)O[C@H]1CO[C@@H]2C(OC(=O)c3cccnc3)CO[C@H]12. The first-order valence-corrected chi connectivity index (χ1v) is 10.4. The predicted molar refractivity (Wildman–Crippen MR) is 109 cm³/mol. The van der Waals surface area contributed by atoms with Crippen LogP contribution in [0.3, 0.4) is 0 Å². The van der Waals surface area contributed by atoms with E-state index in [0.29, 0.717) is 12.0 Å². The molecule has 2 aliphatic rings. The molecule has 0 spiro atoms. The second-order valence-electron chi connectivity index (χ2n) is 7.45. The summed E-state index contributed by atoms with van der Waals surface area (Å²) in [6.45, 7) is 2.08. The molecule has 0 radical (unpaired) electrons. The van der Waals surface area contributed by atoms with Crippen LogP contribution in [-0.4, -0.2) is 60.5 Å². The van der Waals surface area contributed by atoms with Gasteiger partial charge in [0, 0.05) is 18.8 Å². The Balaban J connectivity index is 1.37. The van der Waals surface area contributed by atoms with Gasteiger partial charge in [-0.2, -0.15) is 0 Å². The Morgan fingerprint density at radius 3 is 2.31 bits per heavy atom. The van der Waals surface area contributed by atoms with Crippen molar-refractivity contribution in [1.82, 2.24) is 4.98 Å². The third kappa shape index (κ3) is 4.79. The molecule has 2 aliphatic heterocycles. The van der Waals surface area contributed by atoms with Crippen LogP contribution in [0.1, 0.15) is 40.5 Å². The van der Waals surface area contributed by atoms with Gasteiger partial charge in [0.25, 0.3) is 0 Å². The summed E-state index contributed by atoms with van der Waals surface area (Å²) in [4.78, 5) is 40.8. The van der Waals surface area contributed by atoms with Gasteiger partial charge in [-0.1, -0.05) is 19.1 Å². The van der Waals surface area contributed by atoms with Gasteiger partial charge >= 0.3 is 17.9 Å². The third-order valence-corrected chi connectivity index (χ3v) is 5.16. The normalized spacial score (nSPS) is 23.9. The summed E-state index contributed by atoms with van der Waals surface area (Å²) in [7, 11) is 0. The number of pyridine rings is 1. The van der Waals surface area contributed by atoms with E-state index in [1.807, 2.05) is 6.92 Å². The first-order chi connectivity index (χ1) is 15.6. The molecule has 2 saturated heterocycles. The van der Waals surface area contributed by atoms with E-state index in [1.54, 1.807) is 30.5 Å². The summed E-state index contributed by atoms with van der Waals surface area (Å²) in [6, 6.07) is 9.64. The number of hydrogen-bond acceptors (Lipinski definition) is 9. The zero-order chi connectivity index (χ0) is 22.5. The molecule has 4 rings (SSSR count). The lowest BCUT2D eigenvalue weighted by Gasteiger charge is -2.18. The lowest BCUT2D eigenvalue weighted by atomic mass is 10.1. The Morgan fingerprint density at radius 2 is 1.66 bits per heavy atom. The quantitative estimate of drug-likeness (QED) is 0.472. The Bertz CT molecular complexity index is 979. The average molecular weight is 441 g/mol. The minimum Gasteiger partial charge on any atom is -0.453 e. The molecule has 168 valence electrons. The number of hydrogen-bond donors (Lipinski definition) is 0. The van der Waals surface area contributed by atoms with Crippen molar-refractivity contribution < 1.29 is 38.1 Å². The van der Waals surface area contributed by atoms with Gasteiger partial charge in [0.1, 0.15) is 23.5 Å². The fourth-order valence-electron chi connectivity index (χ4n) is 3.62. The molecular weight excluding hydrogens is 418 g/mol. The predicted octanol–water partition coefficient (Wildman–Crippen LogP) is 2.34. The van der Waals surface area contributed by atoms with Crippen molar-refractivity contribution in [3.63, 3.8) is 0 Å². The molecule has 9 heteroatoms. The summed E-state index contributed by atoms with van der Waals surface area (Å²) in [5, 5.41) is 0. The van der Waals surface area contributed by atoms with Crippen molar-refractivity contribution in [3.05, 3.63) is 59.9 Å². The molecule has 1 aromatic carbocycles. The summed E-state index contributed by atoms with van der Waals surface area (Å²) >= 11 is 0. The van der Waals surface area contributed by atoms with Gasteiger partial charge in [0.2, 0.25) is 0 Å². The molecule has 0 bridgehead atoms. The van der Waals surface area contributed by atoms with Crippen molar-refractivity contribution in [2.45, 2.75) is 44.2 Å². The first-order valence-electron chi connectivity index (χ1n) is 10.4. The monoisotopic (exact) mass is 441 g/mol. The number of nitrogens with zero attached hydrogens (tertiary/aromatic N) is 1. The fraction of sp³-hybridized carbons (Fsp3) is 0.391. The molecule has 2 aromatic rings. The average Bonchev–Trinajstić information content (AvgIpc) is 3.38. The highest BCUT2D eigenvalue weighted by Gasteiger charge is 2.51. The smallest absolute Gasteiger partial charge is 0.342 e. The van der Waals surface area contributed by atoms with Gasteiger partial charge in [-0.15, -0.1) is 0 Å². The Kier molecular flexibility index (Phi) is 6.77. The standard InChI is InChI=1S/C23H23NO8/c1-2-6-19(25)30-16-9-4-3-8-15(16)23(27)32-18-13-29-20-17(12-28-21(18)20)31-22(26)14-7-5-10-24-11-14/h3-5,7-11,17-18,20-21H,2,6,12-13H2,1H3/t17?,18-,20+,21+/m0/s1. The zero-order valence-corrected chi connectivity index (χ0v) is 17.5. The number of esters is 3. The molecular formula is C23H23NO8. The van der Waals surface area contributed by atoms with Crippen molar-refractivity contribution in [1.29, 1.82) is 0 Å². The maximum Gasteiger partial charge on any atom is 0.342 e. The first kappa shape index (κ1) is 21.9. The lowest BCUT2D eigenvalue weighted by molar-refractivity contribution is -0.134. The minimum absolute atomic E-state index is 0.0970. The maximum absolute atomic E-state index is 12.8. The van der Waals surface area contributed by atoms with Crippen LogP contribution < -0.4 is 4.74 Å². The summed E-state index contributed by atoms with van der Waals surface area (Å²) < 4.78 is 27.8. The van der Waals surface area contributed by atoms with Crippen LogP contribution in [0.25, 0.3) is 0 Å². The van der Waals surface area contributed by atoms with E-state index in [0.717, 1.165) is 0 Å². The second kappa shape index (κ2) is 9.88. The number of carbonyl (C=O) groups is 3. The van der Waals surface area contributed by atoms with Crippen molar-refractivity contribution in [2.75, 3.05) is 13.2 Å². The van der Waals surface area contributed by atoms with Gasteiger partial charge < -0.3 is 23.7 Å². The van der Waals surface area contributed by atoms with Crippen molar-refractivity contribution in [2.24, 2.45) is 0 Å². The molecule has 0 aliphatic carbocycles. The molecule has 0 N–H and O–H groups in total. The number of aromatic nitrogens is 1. The minimum atomic E-state index is -0.686. The number of fused-ring (bicyclic) bond motifs is 1. The van der Waals surface area contributed by atoms with Crippen LogP contribution in [-0.2, 0) is 23.7 Å². The van der Waals surface area contributed by atoms with Crippen molar-refractivity contribution in [3.8, 4) is 5.75 Å². The molecule has 3 heterocycles. The number of rotatable bonds is 7. The topological polar surface area (TPSA) is 110 Å². The largest absolute Gasteiger partial charge is 0.453 e. The van der Waals surface area contributed by atoms with E-state index in [4.69, 9.17) is 23.7 Å². The van der Waals surface area contributed by atoms with E-state index in [-0.39, 0.29) is 30.9 Å². The van der Waals surface area contributed by atoms with Crippen LogP contribution >= 0.6 is 0 Å². The number of benzene rings is 1. The van der Waals surface area contributed by atoms with Gasteiger partial charge in [0.05, 0.1) is 18.8 Å². The van der Waals surface area contributed by atoms with Gasteiger partial charge in [-0.25, -0.2) is 9.59 Å². The molecule has 1 unspecified atom stereocenters. The van der Waals surface area contributed by atoms with Crippen LogP contribution in [0.4, 0.5) is 0 Å². The van der Waals surface area contributed by atoms with E-state index in [9.17, 15) is 14.4 Å². The van der Waals surface area contributed by atoms with Gasteiger partial charge in [-0.3, -0.25) is 9.78 Å². The highest BCUT2D eigenvalue weighted by atomic mass is 16.7. The second-order valence-corrected chi connectivity index (χ2v) is 7.45. The summed E-state index contributed by atoms with van der Waals surface area (Å²) in [5.41, 5.74) is 0.462. The van der Waals surface area contributed by atoms with E-state index in [2.05, 4.69) is 4.98 Å². The molecule has 2 fully saturated rings. The molecule has 9 nitrogen and oxygen atoms in total. The molecule has 4 atom stereocenters. The number of para-hydroxylation sites is 1. The Morgan fingerprint density at radius 1 is 0.969 bits per heavy atom. The highest BCUT2D eigenvalue weighted by Crippen LogP contribution is 2.32. The van der Waals surface area contributed by atoms with Gasteiger partial charge in [0.15, 0.2) is 12.2 Å². The van der Waals surface area contributed by atoms with Crippen LogP contribution in [0, 0.1) is 0 Å². The number of carbonyl (C=O) groups excluding carboxylic acids is 3. The lowest BCUT2D eigenvalue weighted by Crippen LogP contribution is -2.36. The Labute approximate surface area is 184 Å². The highest BCUT2D eigenvalue weighted by molar-refractivity contribution is 5.93. The molecule has 1 aromatic heterocycles. The van der Waals surface area contributed by atoms with E-state index < -0.39 is 42.3 Å². The third-order valence-electron chi connectivity index (χ3n) is 5.16. The zero-order valence-electron chi connectivity index (χ0n) is 17.5. The Hall–Kier alpha value is -3.30. The van der Waals surface area contributed by atoms with E-state index in [1.165, 1.54) is 18.3 Å². The number of ether oxygens (including phenoxy) is 5. The van der Waals surface area contributed by atoms with Crippen LogP contribution in [0.2, 0.25) is 0 Å². The maximum atomic E-state index is 12.8. The van der Waals surface area contributed by atoms with E-state index >= 15 is 0 Å². The van der Waals surface area contributed by atoms with Crippen LogP contribution in [0.5, 0.6) is 5.75 Å². The molecule has 0 amide bonds. The summed E-state index contributed by atoms with van der Waals surface area (Å²) in [5.74, 6) is -1.46.